The summed E-state index contributed by atoms with van der Waals surface area (Å²) in [6, 6.07) is 12.6. The predicted molar refractivity (Wildman–Crippen MR) is 118 cm³/mol. The molecule has 2 aliphatic rings. The first kappa shape index (κ1) is 19.0. The number of aryl methyl sites for hydroxylation is 2. The van der Waals surface area contributed by atoms with Gasteiger partial charge in [-0.2, -0.15) is 0 Å². The van der Waals surface area contributed by atoms with Crippen LogP contribution in [0.5, 0.6) is 5.75 Å². The van der Waals surface area contributed by atoms with E-state index in [0.717, 1.165) is 67.7 Å². The standard InChI is InChI=1S/C25H28N2O3/c1-29-22-8-6-21(7-9-22)26-10-3-11-27(13-12-26)25(28)16-20-17-30-24-15-19-5-2-4-18(19)14-23(20)24/h6-9,14-15,17H,2-5,10-13,16H2,1H3. The number of ether oxygens (including phenoxy) is 1. The lowest BCUT2D eigenvalue weighted by Crippen LogP contribution is -2.36. The fourth-order valence-electron chi connectivity index (χ4n) is 4.78. The number of amides is 1. The second-order valence-corrected chi connectivity index (χ2v) is 8.33. The highest BCUT2D eigenvalue weighted by atomic mass is 16.5. The van der Waals surface area contributed by atoms with Gasteiger partial charge in [0, 0.05) is 42.8 Å². The Morgan fingerprint density at radius 2 is 1.80 bits per heavy atom. The number of hydrogen-bond acceptors (Lipinski definition) is 4. The molecular weight excluding hydrogens is 376 g/mol. The summed E-state index contributed by atoms with van der Waals surface area (Å²) in [4.78, 5) is 17.4. The van der Waals surface area contributed by atoms with Crippen molar-refractivity contribution in [3.05, 3.63) is 59.4 Å². The average Bonchev–Trinajstić information content (AvgIpc) is 3.30. The number of anilines is 1. The molecule has 0 radical (unpaired) electrons. The molecule has 2 heterocycles. The molecule has 5 rings (SSSR count). The van der Waals surface area contributed by atoms with E-state index in [0.29, 0.717) is 6.42 Å². The van der Waals surface area contributed by atoms with Gasteiger partial charge in [-0.1, -0.05) is 0 Å². The van der Waals surface area contributed by atoms with Gasteiger partial charge in [-0.05, 0) is 73.2 Å². The summed E-state index contributed by atoms with van der Waals surface area (Å²) in [6.07, 6.45) is 6.65. The Kier molecular flexibility index (Phi) is 5.11. The first-order valence-electron chi connectivity index (χ1n) is 10.9. The van der Waals surface area contributed by atoms with Crippen LogP contribution in [0.2, 0.25) is 0 Å². The Morgan fingerprint density at radius 3 is 2.60 bits per heavy atom. The molecule has 0 unspecified atom stereocenters. The topological polar surface area (TPSA) is 45.9 Å². The molecule has 5 heteroatoms. The van der Waals surface area contributed by atoms with E-state index < -0.39 is 0 Å². The Labute approximate surface area is 177 Å². The fraction of sp³-hybridized carbons (Fsp3) is 0.400. The van der Waals surface area contributed by atoms with Crippen LogP contribution in [0.3, 0.4) is 0 Å². The summed E-state index contributed by atoms with van der Waals surface area (Å²) in [7, 11) is 1.68. The molecular formula is C25H28N2O3. The zero-order valence-electron chi connectivity index (χ0n) is 17.5. The summed E-state index contributed by atoms with van der Waals surface area (Å²) < 4.78 is 11.0. The molecule has 156 valence electrons. The van der Waals surface area contributed by atoms with Gasteiger partial charge in [0.2, 0.25) is 5.91 Å². The first-order valence-corrected chi connectivity index (χ1v) is 10.9. The molecule has 0 saturated carbocycles. The Bertz CT molecular complexity index is 1050. The van der Waals surface area contributed by atoms with Crippen molar-refractivity contribution in [3.63, 3.8) is 0 Å². The molecule has 2 aromatic carbocycles. The van der Waals surface area contributed by atoms with Crippen LogP contribution >= 0.6 is 0 Å². The molecule has 1 saturated heterocycles. The van der Waals surface area contributed by atoms with Gasteiger partial charge < -0.3 is 19.0 Å². The van der Waals surface area contributed by atoms with Gasteiger partial charge in [-0.25, -0.2) is 0 Å². The van der Waals surface area contributed by atoms with E-state index in [1.54, 1.807) is 13.4 Å². The number of fused-ring (bicyclic) bond motifs is 2. The lowest BCUT2D eigenvalue weighted by molar-refractivity contribution is -0.130. The maximum Gasteiger partial charge on any atom is 0.227 e. The molecule has 1 amide bonds. The maximum atomic E-state index is 13.1. The smallest absolute Gasteiger partial charge is 0.227 e. The molecule has 0 N–H and O–H groups in total. The number of rotatable bonds is 4. The minimum Gasteiger partial charge on any atom is -0.497 e. The van der Waals surface area contributed by atoms with Crippen molar-refractivity contribution in [2.75, 3.05) is 38.2 Å². The van der Waals surface area contributed by atoms with Gasteiger partial charge in [0.1, 0.15) is 11.3 Å². The molecule has 1 fully saturated rings. The molecule has 3 aromatic rings. The largest absolute Gasteiger partial charge is 0.497 e. The lowest BCUT2D eigenvalue weighted by Gasteiger charge is -2.24. The molecule has 0 spiro atoms. The van der Waals surface area contributed by atoms with Gasteiger partial charge >= 0.3 is 0 Å². The molecule has 5 nitrogen and oxygen atoms in total. The maximum absolute atomic E-state index is 13.1. The first-order chi connectivity index (χ1) is 14.7. The van der Waals surface area contributed by atoms with Gasteiger partial charge in [-0.3, -0.25) is 4.79 Å². The van der Waals surface area contributed by atoms with E-state index in [1.165, 1.54) is 23.2 Å². The highest BCUT2D eigenvalue weighted by Gasteiger charge is 2.22. The van der Waals surface area contributed by atoms with E-state index in [9.17, 15) is 4.79 Å². The Morgan fingerprint density at radius 1 is 1.00 bits per heavy atom. The van der Waals surface area contributed by atoms with Crippen molar-refractivity contribution in [2.45, 2.75) is 32.1 Å². The molecule has 1 aliphatic carbocycles. The summed E-state index contributed by atoms with van der Waals surface area (Å²) in [5.41, 5.74) is 5.93. The SMILES string of the molecule is COc1ccc(N2CCCN(C(=O)Cc3coc4cc5c(cc34)CCC5)CC2)cc1. The van der Waals surface area contributed by atoms with Crippen molar-refractivity contribution in [3.8, 4) is 5.75 Å². The Hall–Kier alpha value is -2.95. The fourth-order valence-corrected chi connectivity index (χ4v) is 4.78. The van der Waals surface area contributed by atoms with Gasteiger partial charge in [-0.15, -0.1) is 0 Å². The summed E-state index contributed by atoms with van der Waals surface area (Å²) >= 11 is 0. The lowest BCUT2D eigenvalue weighted by atomic mass is 10.0. The van der Waals surface area contributed by atoms with Gasteiger partial charge in [0.05, 0.1) is 19.8 Å². The quantitative estimate of drug-likeness (QED) is 0.653. The van der Waals surface area contributed by atoms with Gasteiger partial charge in [0.25, 0.3) is 0 Å². The third-order valence-electron chi connectivity index (χ3n) is 6.50. The van der Waals surface area contributed by atoms with E-state index in [1.807, 2.05) is 17.0 Å². The Balaban J connectivity index is 1.26. The molecule has 0 bridgehead atoms. The molecule has 1 aromatic heterocycles. The molecule has 0 atom stereocenters. The average molecular weight is 405 g/mol. The minimum atomic E-state index is 0.190. The van der Waals surface area contributed by atoms with Crippen molar-refractivity contribution >= 4 is 22.6 Å². The molecule has 1 aliphatic heterocycles. The van der Waals surface area contributed by atoms with Crippen LogP contribution in [0.15, 0.2) is 47.1 Å². The third kappa shape index (κ3) is 3.64. The van der Waals surface area contributed by atoms with E-state index in [2.05, 4.69) is 29.2 Å². The van der Waals surface area contributed by atoms with Crippen LogP contribution in [0.1, 0.15) is 29.5 Å². The second-order valence-electron chi connectivity index (χ2n) is 8.33. The van der Waals surface area contributed by atoms with Crippen LogP contribution in [0.4, 0.5) is 5.69 Å². The highest BCUT2D eigenvalue weighted by molar-refractivity contribution is 5.88. The summed E-state index contributed by atoms with van der Waals surface area (Å²) in [5, 5.41) is 1.11. The minimum absolute atomic E-state index is 0.190. The zero-order valence-corrected chi connectivity index (χ0v) is 17.5. The van der Waals surface area contributed by atoms with Gasteiger partial charge in [0.15, 0.2) is 0 Å². The monoisotopic (exact) mass is 404 g/mol. The van der Waals surface area contributed by atoms with Crippen LogP contribution in [-0.4, -0.2) is 44.1 Å². The van der Waals surface area contributed by atoms with Crippen molar-refractivity contribution in [2.24, 2.45) is 0 Å². The van der Waals surface area contributed by atoms with E-state index in [-0.39, 0.29) is 5.91 Å². The number of carbonyl (C=O) groups excluding carboxylic acids is 1. The number of carbonyl (C=O) groups is 1. The van der Waals surface area contributed by atoms with E-state index in [4.69, 9.17) is 9.15 Å². The zero-order chi connectivity index (χ0) is 20.5. The van der Waals surface area contributed by atoms with E-state index >= 15 is 0 Å². The normalized spacial score (nSPS) is 16.6. The van der Waals surface area contributed by atoms with Crippen molar-refractivity contribution < 1.29 is 13.9 Å². The highest BCUT2D eigenvalue weighted by Crippen LogP contribution is 2.31. The number of furan rings is 1. The number of hydrogen-bond donors (Lipinski definition) is 0. The molecule has 30 heavy (non-hydrogen) atoms. The van der Waals surface area contributed by atoms with Crippen LogP contribution in [0.25, 0.3) is 11.0 Å². The third-order valence-corrected chi connectivity index (χ3v) is 6.50. The summed E-state index contributed by atoms with van der Waals surface area (Å²) in [5.74, 6) is 1.05. The second kappa shape index (κ2) is 8.05. The van der Waals surface area contributed by atoms with Crippen molar-refractivity contribution in [1.82, 2.24) is 4.90 Å². The summed E-state index contributed by atoms with van der Waals surface area (Å²) in [6.45, 7) is 3.35. The van der Waals surface area contributed by atoms with Crippen LogP contribution in [-0.2, 0) is 24.1 Å². The predicted octanol–water partition coefficient (Wildman–Crippen LogP) is 4.21. The van der Waals surface area contributed by atoms with Crippen molar-refractivity contribution in [1.29, 1.82) is 0 Å². The van der Waals surface area contributed by atoms with Crippen LogP contribution in [0, 0.1) is 0 Å². The number of benzene rings is 2. The number of methoxy groups -OCH3 is 1. The van der Waals surface area contributed by atoms with Crippen LogP contribution < -0.4 is 9.64 Å². The number of nitrogens with zero attached hydrogens (tertiary/aromatic N) is 2.